The second-order valence-electron chi connectivity index (χ2n) is 7.90. The van der Waals surface area contributed by atoms with Crippen molar-refractivity contribution in [1.29, 1.82) is 0 Å². The molecule has 1 aromatic rings. The highest BCUT2D eigenvalue weighted by molar-refractivity contribution is 7.46. The van der Waals surface area contributed by atoms with E-state index < -0.39 is 7.82 Å². The van der Waals surface area contributed by atoms with Crippen LogP contribution in [0.3, 0.4) is 0 Å². The zero-order chi connectivity index (χ0) is 21.6. The molecule has 1 aromatic carbocycles. The number of aryl methyl sites for hydroxylation is 1. The zero-order valence-electron chi connectivity index (χ0n) is 19.0. The minimum Gasteiger partial charge on any atom is -0.746 e. The van der Waals surface area contributed by atoms with Gasteiger partial charge in [0.25, 0.3) is 0 Å². The van der Waals surface area contributed by atoms with Crippen LogP contribution in [0.25, 0.3) is 0 Å². The summed E-state index contributed by atoms with van der Waals surface area (Å²) < 4.78 is 23.2. The van der Waals surface area contributed by atoms with E-state index in [4.69, 9.17) is 9.05 Å². The summed E-state index contributed by atoms with van der Waals surface area (Å²) in [5.74, 6) is 0.314. The number of unbranched alkanes of at least 4 members (excludes halogenated alkanes) is 6. The fraction of sp³-hybridized carbons (Fsp3) is 0.739. The van der Waals surface area contributed by atoms with E-state index in [0.717, 1.165) is 30.5 Å². The number of nitrogens with zero attached hydrogens (tertiary/aromatic N) is 1. The monoisotopic (exact) mass is 427 g/mol. The normalized spacial score (nSPS) is 14.0. The SMILES string of the molecule is CCCCCCCCCc1ccc(OP(=O)([O-])OCC[N+](CC)(CC)CC)cc1. The van der Waals surface area contributed by atoms with Gasteiger partial charge in [0.2, 0.25) is 0 Å². The molecule has 29 heavy (non-hydrogen) atoms. The molecule has 6 heteroatoms. The van der Waals surface area contributed by atoms with E-state index in [1.54, 1.807) is 12.1 Å². The molecule has 1 rings (SSSR count). The lowest BCUT2D eigenvalue weighted by atomic mass is 10.0. The lowest BCUT2D eigenvalue weighted by molar-refractivity contribution is -0.923. The molecule has 0 radical (unpaired) electrons. The van der Waals surface area contributed by atoms with Crippen LogP contribution in [0.1, 0.15) is 78.2 Å². The van der Waals surface area contributed by atoms with Gasteiger partial charge in [-0.25, -0.2) is 0 Å². The number of likely N-dealkylation sites (N-methyl/N-ethyl adjacent to an activating group) is 1. The van der Waals surface area contributed by atoms with E-state index in [-0.39, 0.29) is 6.61 Å². The number of benzene rings is 1. The van der Waals surface area contributed by atoms with Crippen molar-refractivity contribution in [1.82, 2.24) is 0 Å². The maximum absolute atomic E-state index is 12.1. The van der Waals surface area contributed by atoms with Gasteiger partial charge in [-0.1, -0.05) is 57.6 Å². The number of hydrogen-bond donors (Lipinski definition) is 0. The summed E-state index contributed by atoms with van der Waals surface area (Å²) in [4.78, 5) is 12.1. The van der Waals surface area contributed by atoms with Crippen LogP contribution in [0.4, 0.5) is 0 Å². The standard InChI is InChI=1S/C23H42NO4P/c1-5-9-10-11-12-13-14-15-22-16-18-23(19-17-22)28-29(25,26)27-21-20-24(6-2,7-3)8-4/h16-19H,5-15,20-21H2,1-4H3. The Morgan fingerprint density at radius 2 is 1.41 bits per heavy atom. The second-order valence-corrected chi connectivity index (χ2v) is 9.24. The molecule has 0 N–H and O–H groups in total. The van der Waals surface area contributed by atoms with Gasteiger partial charge in [-0.3, -0.25) is 4.57 Å². The maximum Gasteiger partial charge on any atom is 0.319 e. The minimum atomic E-state index is -4.35. The number of phosphoric ester groups is 1. The molecule has 0 aliphatic carbocycles. The van der Waals surface area contributed by atoms with Crippen molar-refractivity contribution in [3.8, 4) is 5.75 Å². The molecule has 0 heterocycles. The average molecular weight is 428 g/mol. The Kier molecular flexibility index (Phi) is 12.8. The highest BCUT2D eigenvalue weighted by atomic mass is 31.2. The molecule has 0 aliphatic rings. The summed E-state index contributed by atoms with van der Waals surface area (Å²) in [6.45, 7) is 12.3. The first-order valence-corrected chi connectivity index (χ1v) is 13.0. The van der Waals surface area contributed by atoms with Crippen molar-refractivity contribution >= 4 is 7.82 Å². The molecule has 0 aromatic heterocycles. The Hall–Kier alpha value is -0.870. The molecule has 0 fully saturated rings. The first-order chi connectivity index (χ1) is 13.9. The Bertz CT molecular complexity index is 579. The van der Waals surface area contributed by atoms with Gasteiger partial charge in [-0.2, -0.15) is 0 Å². The van der Waals surface area contributed by atoms with E-state index in [2.05, 4.69) is 27.7 Å². The van der Waals surface area contributed by atoms with Gasteiger partial charge >= 0.3 is 7.82 Å². The highest BCUT2D eigenvalue weighted by Gasteiger charge is 2.22. The van der Waals surface area contributed by atoms with Gasteiger partial charge in [0.15, 0.2) is 0 Å². The minimum absolute atomic E-state index is 0.145. The van der Waals surface area contributed by atoms with Crippen LogP contribution < -0.4 is 9.42 Å². The molecular weight excluding hydrogens is 385 g/mol. The summed E-state index contributed by atoms with van der Waals surface area (Å²) in [5, 5.41) is 0. The third kappa shape index (κ3) is 10.6. The fourth-order valence-electron chi connectivity index (χ4n) is 3.65. The van der Waals surface area contributed by atoms with Gasteiger partial charge < -0.3 is 18.4 Å². The Morgan fingerprint density at radius 1 is 0.862 bits per heavy atom. The molecule has 0 aliphatic heterocycles. The van der Waals surface area contributed by atoms with Gasteiger partial charge in [-0.15, -0.1) is 0 Å². The number of rotatable bonds is 17. The van der Waals surface area contributed by atoms with Gasteiger partial charge in [0.05, 0.1) is 19.6 Å². The molecule has 0 saturated carbocycles. The zero-order valence-corrected chi connectivity index (χ0v) is 19.9. The third-order valence-corrected chi connectivity index (χ3v) is 6.97. The molecule has 5 nitrogen and oxygen atoms in total. The van der Waals surface area contributed by atoms with Crippen LogP contribution in [-0.2, 0) is 15.5 Å². The summed E-state index contributed by atoms with van der Waals surface area (Å²) >= 11 is 0. The van der Waals surface area contributed by atoms with Crippen molar-refractivity contribution in [2.24, 2.45) is 0 Å². The van der Waals surface area contributed by atoms with Crippen LogP contribution >= 0.6 is 7.82 Å². The quantitative estimate of drug-likeness (QED) is 0.181. The molecular formula is C23H42NO4P. The van der Waals surface area contributed by atoms with Crippen molar-refractivity contribution < 1.29 is 23.0 Å². The van der Waals surface area contributed by atoms with E-state index >= 15 is 0 Å². The van der Waals surface area contributed by atoms with E-state index in [9.17, 15) is 9.46 Å². The van der Waals surface area contributed by atoms with Crippen LogP contribution in [0.5, 0.6) is 5.75 Å². The fourth-order valence-corrected chi connectivity index (χ4v) is 4.39. The van der Waals surface area contributed by atoms with Crippen LogP contribution in [0.15, 0.2) is 24.3 Å². The van der Waals surface area contributed by atoms with E-state index in [0.29, 0.717) is 12.3 Å². The van der Waals surface area contributed by atoms with Crippen molar-refractivity contribution in [3.05, 3.63) is 29.8 Å². The van der Waals surface area contributed by atoms with E-state index in [1.165, 1.54) is 50.5 Å². The molecule has 0 saturated heterocycles. The molecule has 1 atom stereocenters. The lowest BCUT2D eigenvalue weighted by Gasteiger charge is -2.36. The molecule has 1 unspecified atom stereocenters. The predicted molar refractivity (Wildman–Crippen MR) is 119 cm³/mol. The van der Waals surface area contributed by atoms with Crippen LogP contribution in [0.2, 0.25) is 0 Å². The molecule has 0 spiro atoms. The average Bonchev–Trinajstić information content (AvgIpc) is 2.72. The Balaban J connectivity index is 2.36. The third-order valence-electron chi connectivity index (χ3n) is 6.04. The lowest BCUT2D eigenvalue weighted by Crippen LogP contribution is -2.49. The smallest absolute Gasteiger partial charge is 0.319 e. The Morgan fingerprint density at radius 3 is 1.97 bits per heavy atom. The topological polar surface area (TPSA) is 58.6 Å². The number of hydrogen-bond acceptors (Lipinski definition) is 4. The number of quaternary nitrogens is 1. The molecule has 168 valence electrons. The molecule has 0 amide bonds. The number of phosphoric acid groups is 1. The highest BCUT2D eigenvalue weighted by Crippen LogP contribution is 2.39. The van der Waals surface area contributed by atoms with Crippen molar-refractivity contribution in [3.63, 3.8) is 0 Å². The first-order valence-electron chi connectivity index (χ1n) is 11.5. The summed E-state index contributed by atoms with van der Waals surface area (Å²) in [5.41, 5.74) is 1.21. The maximum atomic E-state index is 12.1. The summed E-state index contributed by atoms with van der Waals surface area (Å²) in [6, 6.07) is 7.32. The Labute approximate surface area is 178 Å². The van der Waals surface area contributed by atoms with Gasteiger partial charge in [0, 0.05) is 0 Å². The van der Waals surface area contributed by atoms with Crippen LogP contribution in [-0.4, -0.2) is 37.3 Å². The summed E-state index contributed by atoms with van der Waals surface area (Å²) in [6.07, 6.45) is 10.0. The molecule has 0 bridgehead atoms. The largest absolute Gasteiger partial charge is 0.746 e. The second kappa shape index (κ2) is 14.2. The summed E-state index contributed by atoms with van der Waals surface area (Å²) in [7, 11) is -4.35. The van der Waals surface area contributed by atoms with Gasteiger partial charge in [-0.05, 0) is 51.3 Å². The first kappa shape index (κ1) is 26.2. The van der Waals surface area contributed by atoms with Crippen molar-refractivity contribution in [2.75, 3.05) is 32.8 Å². The van der Waals surface area contributed by atoms with Crippen molar-refractivity contribution in [2.45, 2.75) is 79.1 Å². The van der Waals surface area contributed by atoms with Gasteiger partial charge in [0.1, 0.15) is 18.9 Å². The predicted octanol–water partition coefficient (Wildman–Crippen LogP) is 5.72. The van der Waals surface area contributed by atoms with Crippen LogP contribution in [0, 0.1) is 0 Å². The van der Waals surface area contributed by atoms with E-state index in [1.807, 2.05) is 12.1 Å².